The molecular weight excluding hydrogens is 849 g/mol. The number of aromatic nitrogens is 18. The molecule has 0 aliphatic heterocycles. The fourth-order valence-electron chi connectivity index (χ4n) is 1.15. The molecule has 0 bridgehead atoms. The van der Waals surface area contributed by atoms with Gasteiger partial charge in [0.25, 0.3) is 0 Å². The van der Waals surface area contributed by atoms with Crippen LogP contribution in [-0.4, -0.2) is 106 Å². The van der Waals surface area contributed by atoms with Crippen LogP contribution < -0.4 is 0 Å². The van der Waals surface area contributed by atoms with Crippen molar-refractivity contribution in [3.05, 3.63) is 74.3 Å². The molecular formula is C18H33I3N18. The van der Waals surface area contributed by atoms with Crippen molar-refractivity contribution in [2.75, 3.05) is 14.6 Å². The van der Waals surface area contributed by atoms with E-state index in [4.69, 9.17) is 16.4 Å². The molecule has 6 N–H and O–H groups in total. The molecule has 6 rings (SSSR count). The van der Waals surface area contributed by atoms with Crippen LogP contribution >= 0.6 is 67.8 Å². The van der Waals surface area contributed by atoms with Crippen LogP contribution in [0.2, 0.25) is 0 Å². The molecule has 6 aromatic heterocycles. The van der Waals surface area contributed by atoms with E-state index in [1.54, 1.807) is 13.8 Å². The largest absolute Gasteiger partial charge is 0.266 e. The third kappa shape index (κ3) is 35.0. The van der Waals surface area contributed by atoms with E-state index in [1.165, 1.54) is 64.2 Å². The molecule has 0 aromatic carbocycles. The second kappa shape index (κ2) is 37.2. The minimum absolute atomic E-state index is 0.0532. The predicted octanol–water partition coefficient (Wildman–Crippen LogP) is 2.91. The molecule has 21 heteroatoms. The molecule has 0 atom stereocenters. The predicted molar refractivity (Wildman–Crippen MR) is 172 cm³/mol. The number of hydrogen-bond donors (Lipinski definition) is 6. The minimum Gasteiger partial charge on any atom is -0.266 e. The molecule has 18 nitrogen and oxygen atoms in total. The number of nitrogens with one attached hydrogen (secondary N) is 6. The van der Waals surface area contributed by atoms with E-state index < -0.39 is 9.72 Å². The molecule has 0 aliphatic carbocycles. The molecule has 0 amide bonds. The van der Waals surface area contributed by atoms with E-state index in [2.05, 4.69) is 114 Å². The monoisotopic (exact) mass is 894 g/mol. The number of hydrogen-bond acceptors (Lipinski definition) is 12. The maximum atomic E-state index is 6.76. The van der Waals surface area contributed by atoms with Gasteiger partial charge in [0, 0.05) is 8.22 Å². The molecule has 0 spiro atoms. The number of H-pyrrole nitrogens is 6. The van der Waals surface area contributed by atoms with E-state index in [9.17, 15) is 0 Å². The summed E-state index contributed by atoms with van der Waals surface area (Å²) < 4.78 is 77.7. The summed E-state index contributed by atoms with van der Waals surface area (Å²) in [6.45, 7) is 5.36. The number of aryl methyl sites for hydroxylation is 3. The Morgan fingerprint density at radius 1 is 0.590 bits per heavy atom. The molecule has 0 fully saturated rings. The summed E-state index contributed by atoms with van der Waals surface area (Å²) in [5.74, 6) is 2.23. The Kier molecular flexibility index (Phi) is 20.8. The highest BCUT2D eigenvalue weighted by Gasteiger charge is 1.76. The van der Waals surface area contributed by atoms with E-state index in [0.29, 0.717) is 11.6 Å². The van der Waals surface area contributed by atoms with Gasteiger partial charge in [-0.25, -0.2) is 29.9 Å². The molecule has 39 heavy (non-hydrogen) atoms. The van der Waals surface area contributed by atoms with Gasteiger partial charge in [-0.15, -0.1) is 0 Å². The van der Waals surface area contributed by atoms with Crippen molar-refractivity contribution < 1.29 is 16.4 Å². The van der Waals surface area contributed by atoms with Gasteiger partial charge in [-0.2, -0.15) is 30.6 Å². The fourth-order valence-corrected chi connectivity index (χ4v) is 1.15. The van der Waals surface area contributed by atoms with Crippen LogP contribution in [-0.2, 0) is 0 Å². The summed E-state index contributed by atoms with van der Waals surface area (Å²) in [4.78, 5) is 19.5. The van der Waals surface area contributed by atoms with Crippen LogP contribution in [0, 0.1) is 20.8 Å². The third-order valence-corrected chi connectivity index (χ3v) is 2.36. The maximum Gasteiger partial charge on any atom is 0.137 e. The number of nitrogens with zero attached hydrogens (tertiary/aromatic N) is 12. The van der Waals surface area contributed by atoms with Crippen LogP contribution in [0.1, 0.15) is 33.9 Å². The van der Waals surface area contributed by atoms with Crippen molar-refractivity contribution >= 4 is 67.8 Å². The Hall–Kier alpha value is -2.97. The number of alkyl halides is 3. The lowest BCUT2D eigenvalue weighted by atomic mass is 10.8. The average molecular weight is 894 g/mol. The van der Waals surface area contributed by atoms with Gasteiger partial charge >= 0.3 is 0 Å². The van der Waals surface area contributed by atoms with Gasteiger partial charge in [-0.1, -0.05) is 67.8 Å². The molecule has 0 saturated heterocycles. The molecule has 0 unspecified atom stereocenters. The first-order valence-corrected chi connectivity index (χ1v) is 13.6. The number of rotatable bonds is 0. The van der Waals surface area contributed by atoms with Crippen LogP contribution in [0.4, 0.5) is 0 Å². The van der Waals surface area contributed by atoms with E-state index in [0.717, 1.165) is 5.82 Å². The first-order chi connectivity index (χ1) is 23.5. The normalized spacial score (nSPS) is 12.7. The Morgan fingerprint density at radius 2 is 1.05 bits per heavy atom. The van der Waals surface area contributed by atoms with Gasteiger partial charge in [-0.3, -0.25) is 30.6 Å². The van der Waals surface area contributed by atoms with Crippen molar-refractivity contribution in [3.63, 3.8) is 0 Å². The highest BCUT2D eigenvalue weighted by Crippen LogP contribution is 1.74. The SMILES string of the molecule is CI.Cc1ncn[nH]1.[2H]C([2H])([2H])I.[2H]C([2H])([2H])I.[2H]c1n[nH]c(C)n1.[2H]c1n[nH]c(C)n1.[2H]c1n[nH]c([2H])n1.[2H]c1n[nH]c([2H])n1.c1nc[nH]n1. The first kappa shape index (κ1) is 21.8. The fraction of sp³-hybridized carbons (Fsp3) is 0.333. The maximum absolute atomic E-state index is 6.76. The van der Waals surface area contributed by atoms with Gasteiger partial charge < -0.3 is 0 Å². The third-order valence-electron chi connectivity index (χ3n) is 2.36. The van der Waals surface area contributed by atoms with Crippen molar-refractivity contribution in [1.82, 2.24) is 91.1 Å². The van der Waals surface area contributed by atoms with Crippen LogP contribution in [0.3, 0.4) is 0 Å². The Morgan fingerprint density at radius 3 is 1.15 bits per heavy atom. The highest BCUT2D eigenvalue weighted by atomic mass is 127. The summed E-state index contributed by atoms with van der Waals surface area (Å²) in [6.07, 6.45) is 4.15. The Bertz CT molecular complexity index is 1330. The summed E-state index contributed by atoms with van der Waals surface area (Å²) >= 11 is 4.91. The van der Waals surface area contributed by atoms with Crippen LogP contribution in [0.15, 0.2) is 56.8 Å². The topological polar surface area (TPSA) is 249 Å². The lowest BCUT2D eigenvalue weighted by molar-refractivity contribution is 1.04. The van der Waals surface area contributed by atoms with Crippen molar-refractivity contribution in [1.29, 1.82) is 0 Å². The van der Waals surface area contributed by atoms with Crippen molar-refractivity contribution in [3.8, 4) is 0 Å². The van der Waals surface area contributed by atoms with Crippen molar-refractivity contribution in [2.24, 2.45) is 0 Å². The molecule has 0 radical (unpaired) electrons. The van der Waals surface area contributed by atoms with Gasteiger partial charge in [0.05, 0.1) is 0 Å². The lowest BCUT2D eigenvalue weighted by Crippen LogP contribution is -1.68. The zero-order chi connectivity index (χ0) is 40.0. The van der Waals surface area contributed by atoms with Gasteiger partial charge in [-0.05, 0) is 35.4 Å². The number of halogens is 3. The zero-order valence-electron chi connectivity index (χ0n) is 32.7. The standard InChI is InChI=1S/3C3H5N3.3C2H3N3.3CH3I/c3*1-3-4-2-5-6-3;3*1-3-2-5-4-1;3*1-2/h3*2H,1H3,(H,4,5,6);3*1-2H,(H,3,4,5);3*1H3/i2*2D;;2*1D,2D;;2*1D3;. The molecule has 0 aliphatic rings. The Balaban J connectivity index is -0.000000515. The molecule has 0 saturated carbocycles. The first-order valence-electron chi connectivity index (χ1n) is 15.3. The minimum atomic E-state index is -1.78. The molecule has 6 heterocycles. The van der Waals surface area contributed by atoms with Gasteiger partial charge in [0.1, 0.15) is 82.5 Å². The number of aromatic amines is 6. The average Bonchev–Trinajstić information content (AvgIpc) is 3.85. The Labute approximate surface area is 283 Å². The molecule has 6 aromatic rings. The second-order valence-electron chi connectivity index (χ2n) is 4.86. The highest BCUT2D eigenvalue weighted by molar-refractivity contribution is 14.1. The van der Waals surface area contributed by atoms with Gasteiger partial charge in [0.2, 0.25) is 0 Å². The summed E-state index contributed by atoms with van der Waals surface area (Å²) in [7, 11) is 0. The van der Waals surface area contributed by atoms with E-state index in [1.807, 2.05) is 11.9 Å². The van der Waals surface area contributed by atoms with Crippen LogP contribution in [0.5, 0.6) is 0 Å². The van der Waals surface area contributed by atoms with Gasteiger partial charge in [0.15, 0.2) is 0 Å². The second-order valence-corrected chi connectivity index (χ2v) is 4.86. The lowest BCUT2D eigenvalue weighted by Gasteiger charge is -1.66. The summed E-state index contributed by atoms with van der Waals surface area (Å²) in [5.41, 5.74) is 0. The van der Waals surface area contributed by atoms with Crippen LogP contribution in [0.25, 0.3) is 0 Å². The van der Waals surface area contributed by atoms with Crippen molar-refractivity contribution in [2.45, 2.75) is 20.8 Å². The summed E-state index contributed by atoms with van der Waals surface area (Å²) in [5, 5.41) is 35.0. The van der Waals surface area contributed by atoms with E-state index in [-0.39, 0.29) is 37.8 Å². The summed E-state index contributed by atoms with van der Waals surface area (Å²) in [6, 6.07) is 0. The molecule has 216 valence electrons. The zero-order valence-corrected chi connectivity index (χ0v) is 27.2. The van der Waals surface area contributed by atoms with E-state index >= 15 is 0 Å². The quantitative estimate of drug-likeness (QED) is 0.0952. The smallest absolute Gasteiger partial charge is 0.137 e.